The minimum atomic E-state index is 0.0980. The molecule has 0 amide bonds. The highest BCUT2D eigenvalue weighted by atomic mass is 32.1. The second kappa shape index (κ2) is 7.01. The summed E-state index contributed by atoms with van der Waals surface area (Å²) < 4.78 is 5.62. The zero-order valence-corrected chi connectivity index (χ0v) is 15.0. The zero-order chi connectivity index (χ0) is 15.5. The molecule has 0 aliphatic rings. The Bertz CT molecular complexity index is 419. The summed E-state index contributed by atoms with van der Waals surface area (Å²) in [6, 6.07) is 0. The number of hydrogen-bond acceptors (Lipinski definition) is 4. The van der Waals surface area contributed by atoms with Crippen molar-refractivity contribution in [3.8, 4) is 0 Å². The van der Waals surface area contributed by atoms with Crippen molar-refractivity contribution in [2.75, 3.05) is 7.11 Å². The second-order valence-corrected chi connectivity index (χ2v) is 8.13. The fraction of sp³-hybridized carbons (Fsp3) is 0.812. The fourth-order valence-electron chi connectivity index (χ4n) is 2.09. The van der Waals surface area contributed by atoms with E-state index in [-0.39, 0.29) is 11.6 Å². The molecule has 1 atom stereocenters. The summed E-state index contributed by atoms with van der Waals surface area (Å²) in [6.45, 7) is 16.2. The van der Waals surface area contributed by atoms with Gasteiger partial charge in [0.25, 0.3) is 0 Å². The highest BCUT2D eigenvalue weighted by molar-refractivity contribution is 7.11. The van der Waals surface area contributed by atoms with E-state index in [1.807, 2.05) is 0 Å². The summed E-state index contributed by atoms with van der Waals surface area (Å²) >= 11 is 1.79. The Labute approximate surface area is 128 Å². The summed E-state index contributed by atoms with van der Waals surface area (Å²) in [5.41, 5.74) is 1.33. The molecular weight excluding hydrogens is 268 g/mol. The number of ether oxygens (including phenoxy) is 1. The number of methoxy groups -OCH3 is 1. The largest absolute Gasteiger partial charge is 0.374 e. The van der Waals surface area contributed by atoms with E-state index in [2.05, 4.69) is 53.8 Å². The molecule has 1 unspecified atom stereocenters. The molecule has 1 N–H and O–H groups in total. The highest BCUT2D eigenvalue weighted by Crippen LogP contribution is 2.33. The first-order chi connectivity index (χ1) is 9.15. The van der Waals surface area contributed by atoms with Gasteiger partial charge in [0.1, 0.15) is 11.1 Å². The minimum absolute atomic E-state index is 0.0980. The zero-order valence-electron chi connectivity index (χ0n) is 14.2. The van der Waals surface area contributed by atoms with Crippen molar-refractivity contribution in [2.24, 2.45) is 5.92 Å². The van der Waals surface area contributed by atoms with E-state index in [1.54, 1.807) is 18.4 Å². The molecular formula is C16H30N2OS. The Hall–Kier alpha value is -0.450. The molecule has 3 nitrogen and oxygen atoms in total. The first-order valence-corrected chi connectivity index (χ1v) is 8.24. The van der Waals surface area contributed by atoms with Crippen LogP contribution in [0.2, 0.25) is 0 Å². The van der Waals surface area contributed by atoms with Gasteiger partial charge in [-0.25, -0.2) is 4.98 Å². The normalized spacial score (nSPS) is 14.3. The number of aromatic nitrogens is 1. The first kappa shape index (κ1) is 17.6. The van der Waals surface area contributed by atoms with Gasteiger partial charge in [-0.3, -0.25) is 0 Å². The molecule has 1 aromatic rings. The molecule has 0 radical (unpaired) electrons. The van der Waals surface area contributed by atoms with Crippen LogP contribution in [0.1, 0.15) is 76.1 Å². The van der Waals surface area contributed by atoms with E-state index in [4.69, 9.17) is 9.72 Å². The van der Waals surface area contributed by atoms with Crippen molar-refractivity contribution >= 4 is 11.3 Å². The van der Waals surface area contributed by atoms with Crippen molar-refractivity contribution < 1.29 is 4.74 Å². The minimum Gasteiger partial charge on any atom is -0.374 e. The van der Waals surface area contributed by atoms with Crippen LogP contribution in [0, 0.1) is 5.92 Å². The van der Waals surface area contributed by atoms with Crippen LogP contribution in [0.15, 0.2) is 0 Å². The quantitative estimate of drug-likeness (QED) is 0.839. The molecule has 0 fully saturated rings. The van der Waals surface area contributed by atoms with Crippen molar-refractivity contribution in [2.45, 2.75) is 72.6 Å². The summed E-state index contributed by atoms with van der Waals surface area (Å²) in [6.07, 6.45) is 0.0980. The molecule has 1 aromatic heterocycles. The van der Waals surface area contributed by atoms with E-state index < -0.39 is 0 Å². The second-order valence-electron chi connectivity index (χ2n) is 7.02. The lowest BCUT2D eigenvalue weighted by molar-refractivity contribution is 0.0643. The lowest BCUT2D eigenvalue weighted by Gasteiger charge is -2.20. The third-order valence-electron chi connectivity index (χ3n) is 3.17. The summed E-state index contributed by atoms with van der Waals surface area (Å²) in [7, 11) is 1.77. The molecule has 20 heavy (non-hydrogen) atoms. The number of nitrogens with zero attached hydrogens (tertiary/aromatic N) is 1. The number of nitrogens with one attached hydrogen (secondary N) is 1. The Morgan fingerprint density at radius 2 is 1.80 bits per heavy atom. The monoisotopic (exact) mass is 298 g/mol. The van der Waals surface area contributed by atoms with E-state index in [0.717, 1.165) is 11.6 Å². The third-order valence-corrected chi connectivity index (χ3v) is 4.31. The maximum Gasteiger partial charge on any atom is 0.122 e. The van der Waals surface area contributed by atoms with Gasteiger partial charge in [-0.2, -0.15) is 0 Å². The average molecular weight is 298 g/mol. The van der Waals surface area contributed by atoms with Gasteiger partial charge in [0, 0.05) is 24.1 Å². The Balaban J connectivity index is 3.01. The molecule has 0 saturated heterocycles. The molecule has 0 aliphatic carbocycles. The SMILES string of the molecule is COC(c1nc(C(C)C)c(CNC(C)(C)C)s1)C(C)C. The van der Waals surface area contributed by atoms with Crippen LogP contribution < -0.4 is 5.32 Å². The van der Waals surface area contributed by atoms with Gasteiger partial charge in [-0.1, -0.05) is 27.7 Å². The Morgan fingerprint density at radius 3 is 2.20 bits per heavy atom. The highest BCUT2D eigenvalue weighted by Gasteiger charge is 2.23. The van der Waals surface area contributed by atoms with E-state index in [1.165, 1.54) is 10.6 Å². The van der Waals surface area contributed by atoms with Gasteiger partial charge in [-0.05, 0) is 32.6 Å². The van der Waals surface area contributed by atoms with Crippen LogP contribution in [0.25, 0.3) is 0 Å². The van der Waals surface area contributed by atoms with Crippen LogP contribution in [0.3, 0.4) is 0 Å². The van der Waals surface area contributed by atoms with Crippen molar-refractivity contribution in [1.82, 2.24) is 10.3 Å². The Kier molecular flexibility index (Phi) is 6.17. The molecule has 1 rings (SSSR count). The molecule has 0 saturated carbocycles. The first-order valence-electron chi connectivity index (χ1n) is 7.43. The van der Waals surface area contributed by atoms with Crippen LogP contribution in [0.4, 0.5) is 0 Å². The average Bonchev–Trinajstić information content (AvgIpc) is 2.70. The summed E-state index contributed by atoms with van der Waals surface area (Å²) in [4.78, 5) is 6.20. The number of hydrogen-bond donors (Lipinski definition) is 1. The van der Waals surface area contributed by atoms with Gasteiger partial charge in [-0.15, -0.1) is 11.3 Å². The van der Waals surface area contributed by atoms with Gasteiger partial charge in [0.05, 0.1) is 5.69 Å². The standard InChI is InChI=1S/C16H30N2OS/c1-10(2)13-12(9-17-16(5,6)7)20-15(18-13)14(19-8)11(3)4/h10-11,14,17H,9H2,1-8H3. The smallest absolute Gasteiger partial charge is 0.122 e. The summed E-state index contributed by atoms with van der Waals surface area (Å²) in [5, 5.41) is 4.67. The van der Waals surface area contributed by atoms with Crippen molar-refractivity contribution in [3.63, 3.8) is 0 Å². The molecule has 4 heteroatoms. The number of thiazole rings is 1. The van der Waals surface area contributed by atoms with E-state index in [9.17, 15) is 0 Å². The maximum atomic E-state index is 5.62. The lowest BCUT2D eigenvalue weighted by atomic mass is 10.1. The Morgan fingerprint density at radius 1 is 1.20 bits per heavy atom. The van der Waals surface area contributed by atoms with E-state index >= 15 is 0 Å². The number of rotatable bonds is 6. The van der Waals surface area contributed by atoms with Gasteiger partial charge < -0.3 is 10.1 Å². The van der Waals surface area contributed by atoms with Crippen molar-refractivity contribution in [1.29, 1.82) is 0 Å². The topological polar surface area (TPSA) is 34.1 Å². The van der Waals surface area contributed by atoms with Crippen LogP contribution >= 0.6 is 11.3 Å². The molecule has 0 spiro atoms. The van der Waals surface area contributed by atoms with Gasteiger partial charge in [0.2, 0.25) is 0 Å². The third kappa shape index (κ3) is 4.83. The van der Waals surface area contributed by atoms with Gasteiger partial charge in [0.15, 0.2) is 0 Å². The van der Waals surface area contributed by atoms with Crippen LogP contribution in [0.5, 0.6) is 0 Å². The predicted molar refractivity (Wildman–Crippen MR) is 87.4 cm³/mol. The molecule has 116 valence electrons. The van der Waals surface area contributed by atoms with Crippen LogP contribution in [-0.4, -0.2) is 17.6 Å². The van der Waals surface area contributed by atoms with Crippen molar-refractivity contribution in [3.05, 3.63) is 15.6 Å². The predicted octanol–water partition coefficient (Wildman–Crippen LogP) is 4.50. The molecule has 0 aliphatic heterocycles. The lowest BCUT2D eigenvalue weighted by Crippen LogP contribution is -2.35. The fourth-order valence-corrected chi connectivity index (χ4v) is 3.50. The molecule has 1 heterocycles. The molecule has 0 bridgehead atoms. The molecule has 0 aromatic carbocycles. The van der Waals surface area contributed by atoms with Gasteiger partial charge >= 0.3 is 0 Å². The maximum absolute atomic E-state index is 5.62. The van der Waals surface area contributed by atoms with E-state index in [0.29, 0.717) is 11.8 Å². The summed E-state index contributed by atoms with van der Waals surface area (Å²) in [5.74, 6) is 0.885. The van der Waals surface area contributed by atoms with Crippen LogP contribution in [-0.2, 0) is 11.3 Å².